The highest BCUT2D eigenvalue weighted by Crippen LogP contribution is 2.31. The number of nitrogens with zero attached hydrogens (tertiary/aromatic N) is 1. The number of hydrogen-bond acceptors (Lipinski definition) is 2. The maximum Gasteiger partial charge on any atom is 0.244 e. The first-order valence-electron chi connectivity index (χ1n) is 5.67. The van der Waals surface area contributed by atoms with E-state index < -0.39 is 5.41 Å². The van der Waals surface area contributed by atoms with Gasteiger partial charge in [0.2, 0.25) is 5.91 Å². The van der Waals surface area contributed by atoms with Crippen LogP contribution in [0.4, 0.5) is 5.69 Å². The van der Waals surface area contributed by atoms with E-state index in [0.717, 1.165) is 4.47 Å². The average molecular weight is 330 g/mol. The second-order valence-electron chi connectivity index (χ2n) is 3.98. The van der Waals surface area contributed by atoms with Crippen molar-refractivity contribution in [3.63, 3.8) is 0 Å². The summed E-state index contributed by atoms with van der Waals surface area (Å²) < 4.78 is 0.735. The number of amides is 1. The first-order chi connectivity index (χ1) is 8.49. The van der Waals surface area contributed by atoms with Crippen molar-refractivity contribution in [3.05, 3.63) is 27.7 Å². The third-order valence-corrected chi connectivity index (χ3v) is 3.96. The third-order valence-electron chi connectivity index (χ3n) is 3.03. The van der Waals surface area contributed by atoms with Crippen molar-refractivity contribution in [1.82, 2.24) is 0 Å². The number of halogens is 2. The molecule has 0 aliphatic rings. The molecule has 96 valence electrons. The molecule has 18 heavy (non-hydrogen) atoms. The van der Waals surface area contributed by atoms with Crippen LogP contribution < -0.4 is 5.32 Å². The molecule has 0 spiro atoms. The minimum atomic E-state index is -0.984. The second-order valence-corrected chi connectivity index (χ2v) is 5.27. The summed E-state index contributed by atoms with van der Waals surface area (Å²) in [7, 11) is 0. The van der Waals surface area contributed by atoms with Gasteiger partial charge in [0.1, 0.15) is 5.41 Å². The Bertz CT molecular complexity index is 492. The molecule has 0 unspecified atom stereocenters. The van der Waals surface area contributed by atoms with E-state index in [1.165, 1.54) is 0 Å². The summed E-state index contributed by atoms with van der Waals surface area (Å²) in [5.74, 6) is -0.294. The van der Waals surface area contributed by atoms with E-state index in [-0.39, 0.29) is 5.91 Å². The van der Waals surface area contributed by atoms with Crippen LogP contribution >= 0.6 is 27.5 Å². The Morgan fingerprint density at radius 3 is 2.61 bits per heavy atom. The molecule has 0 saturated heterocycles. The lowest BCUT2D eigenvalue weighted by Gasteiger charge is -2.22. The molecule has 1 amide bonds. The van der Waals surface area contributed by atoms with Gasteiger partial charge in [0.25, 0.3) is 0 Å². The molecule has 0 aromatic heterocycles. The number of nitriles is 1. The fourth-order valence-corrected chi connectivity index (χ4v) is 2.13. The third kappa shape index (κ3) is 3.04. The predicted octanol–water partition coefficient (Wildman–Crippen LogP) is 4.37. The first kappa shape index (κ1) is 15.0. The molecule has 1 rings (SSSR count). The summed E-state index contributed by atoms with van der Waals surface area (Å²) >= 11 is 9.21. The summed E-state index contributed by atoms with van der Waals surface area (Å²) in [5, 5.41) is 12.5. The number of carbonyl (C=O) groups excluding carboxylic acids is 1. The Morgan fingerprint density at radius 1 is 1.50 bits per heavy atom. The van der Waals surface area contributed by atoms with Crippen LogP contribution in [-0.2, 0) is 4.79 Å². The van der Waals surface area contributed by atoms with Gasteiger partial charge in [-0.2, -0.15) is 5.26 Å². The molecule has 1 aromatic rings. The topological polar surface area (TPSA) is 52.9 Å². The van der Waals surface area contributed by atoms with Gasteiger partial charge in [0.05, 0.1) is 11.8 Å². The number of nitrogens with one attached hydrogen (secondary N) is 1. The van der Waals surface area contributed by atoms with Crippen LogP contribution in [-0.4, -0.2) is 5.91 Å². The van der Waals surface area contributed by atoms with Crippen LogP contribution in [0.2, 0.25) is 5.02 Å². The molecule has 0 bridgehead atoms. The summed E-state index contributed by atoms with van der Waals surface area (Å²) in [6, 6.07) is 7.23. The summed E-state index contributed by atoms with van der Waals surface area (Å²) in [4.78, 5) is 12.2. The maximum atomic E-state index is 12.2. The molecule has 0 saturated carbocycles. The highest BCUT2D eigenvalue weighted by molar-refractivity contribution is 9.10. The van der Waals surface area contributed by atoms with Crippen molar-refractivity contribution in [2.75, 3.05) is 5.32 Å². The maximum absolute atomic E-state index is 12.2. The van der Waals surface area contributed by atoms with Gasteiger partial charge in [0.15, 0.2) is 0 Å². The molecule has 0 heterocycles. The van der Waals surface area contributed by atoms with Crippen molar-refractivity contribution in [3.8, 4) is 6.07 Å². The molecule has 1 aromatic carbocycles. The summed E-state index contributed by atoms with van der Waals surface area (Å²) in [5.41, 5.74) is -0.407. The largest absolute Gasteiger partial charge is 0.324 e. The van der Waals surface area contributed by atoms with Gasteiger partial charge >= 0.3 is 0 Å². The molecule has 5 heteroatoms. The Morgan fingerprint density at radius 2 is 2.11 bits per heavy atom. The molecule has 0 atom stereocenters. The monoisotopic (exact) mass is 328 g/mol. The van der Waals surface area contributed by atoms with Crippen molar-refractivity contribution >= 4 is 39.1 Å². The normalized spacial score (nSPS) is 10.8. The van der Waals surface area contributed by atoms with Gasteiger partial charge in [-0.3, -0.25) is 4.79 Å². The molecule has 0 aliphatic heterocycles. The Kier molecular flexibility index (Phi) is 5.18. The van der Waals surface area contributed by atoms with Crippen molar-refractivity contribution in [2.45, 2.75) is 26.7 Å². The van der Waals surface area contributed by atoms with E-state index in [4.69, 9.17) is 11.6 Å². The molecule has 0 fully saturated rings. The van der Waals surface area contributed by atoms with E-state index in [9.17, 15) is 10.1 Å². The zero-order valence-corrected chi connectivity index (χ0v) is 12.6. The zero-order valence-electron chi connectivity index (χ0n) is 10.3. The fraction of sp³-hybridized carbons (Fsp3) is 0.385. The van der Waals surface area contributed by atoms with Gasteiger partial charge in [-0.05, 0) is 47.0 Å². The number of benzene rings is 1. The highest BCUT2D eigenvalue weighted by Gasteiger charge is 2.35. The lowest BCUT2D eigenvalue weighted by atomic mass is 9.83. The van der Waals surface area contributed by atoms with Crippen LogP contribution in [0.5, 0.6) is 0 Å². The Balaban J connectivity index is 3.01. The number of hydrogen-bond donors (Lipinski definition) is 1. The van der Waals surface area contributed by atoms with Crippen molar-refractivity contribution in [1.29, 1.82) is 5.26 Å². The zero-order chi connectivity index (χ0) is 13.8. The molecule has 1 N–H and O–H groups in total. The van der Waals surface area contributed by atoms with Crippen molar-refractivity contribution in [2.24, 2.45) is 5.41 Å². The molecule has 0 radical (unpaired) electrons. The van der Waals surface area contributed by atoms with Crippen LogP contribution in [0, 0.1) is 16.7 Å². The van der Waals surface area contributed by atoms with E-state index >= 15 is 0 Å². The highest BCUT2D eigenvalue weighted by atomic mass is 79.9. The van der Waals surface area contributed by atoms with Crippen LogP contribution in [0.1, 0.15) is 26.7 Å². The predicted molar refractivity (Wildman–Crippen MR) is 76.4 cm³/mol. The van der Waals surface area contributed by atoms with Gasteiger partial charge in [-0.25, -0.2) is 0 Å². The molecular weight excluding hydrogens is 316 g/mol. The number of anilines is 1. The van der Waals surface area contributed by atoms with Gasteiger partial charge in [0, 0.05) is 9.50 Å². The molecule has 0 aliphatic carbocycles. The lowest BCUT2D eigenvalue weighted by molar-refractivity contribution is -0.123. The van der Waals surface area contributed by atoms with E-state index in [0.29, 0.717) is 23.6 Å². The minimum Gasteiger partial charge on any atom is -0.324 e. The van der Waals surface area contributed by atoms with Crippen LogP contribution in [0.15, 0.2) is 22.7 Å². The average Bonchev–Trinajstić information content (AvgIpc) is 2.37. The fourth-order valence-electron chi connectivity index (χ4n) is 1.62. The lowest BCUT2D eigenvalue weighted by Crippen LogP contribution is -2.34. The first-order valence-corrected chi connectivity index (χ1v) is 6.84. The van der Waals surface area contributed by atoms with E-state index in [2.05, 4.69) is 27.3 Å². The van der Waals surface area contributed by atoms with Gasteiger partial charge in [-0.15, -0.1) is 0 Å². The summed E-state index contributed by atoms with van der Waals surface area (Å²) in [6.07, 6.45) is 0.952. The van der Waals surface area contributed by atoms with E-state index in [1.54, 1.807) is 18.2 Å². The number of carbonyl (C=O) groups is 1. The summed E-state index contributed by atoms with van der Waals surface area (Å²) in [6.45, 7) is 3.67. The van der Waals surface area contributed by atoms with Gasteiger partial charge < -0.3 is 5.32 Å². The minimum absolute atomic E-state index is 0.294. The smallest absolute Gasteiger partial charge is 0.244 e. The Labute approximate surface area is 120 Å². The van der Waals surface area contributed by atoms with Crippen molar-refractivity contribution < 1.29 is 4.79 Å². The quantitative estimate of drug-likeness (QED) is 0.891. The van der Waals surface area contributed by atoms with E-state index in [1.807, 2.05) is 13.8 Å². The van der Waals surface area contributed by atoms with Gasteiger partial charge in [-0.1, -0.05) is 25.4 Å². The molecular formula is C13H14BrClN2O. The second kappa shape index (κ2) is 6.21. The standard InChI is InChI=1S/C13H14BrClN2O/c1-3-13(4-2,8-16)12(18)17-11-7-9(15)5-6-10(11)14/h5-7H,3-4H2,1-2H3,(H,17,18). The van der Waals surface area contributed by atoms with Crippen LogP contribution in [0.25, 0.3) is 0 Å². The molecule has 3 nitrogen and oxygen atoms in total. The number of rotatable bonds is 4. The SMILES string of the molecule is CCC(C#N)(CC)C(=O)Nc1cc(Cl)ccc1Br. The Hall–Kier alpha value is -1.05. The van der Waals surface area contributed by atoms with Crippen LogP contribution in [0.3, 0.4) is 0 Å².